The minimum Gasteiger partial charge on any atom is -0.496 e. The molecule has 94 valence electrons. The summed E-state index contributed by atoms with van der Waals surface area (Å²) in [4.78, 5) is 0. The highest BCUT2D eigenvalue weighted by Crippen LogP contribution is 2.26. The highest BCUT2D eigenvalue weighted by Gasteiger charge is 2.04. The zero-order chi connectivity index (χ0) is 13.0. The molecule has 0 aromatic heterocycles. The fourth-order valence-electron chi connectivity index (χ4n) is 1.58. The van der Waals surface area contributed by atoms with Crippen molar-refractivity contribution in [1.82, 2.24) is 0 Å². The van der Waals surface area contributed by atoms with Crippen molar-refractivity contribution in [3.05, 3.63) is 53.1 Å². The number of nitrogen functional groups attached to an aromatic ring is 1. The Labute approximate surface area is 111 Å². The van der Waals surface area contributed by atoms with Gasteiger partial charge < -0.3 is 15.2 Å². The average molecular weight is 264 g/mol. The van der Waals surface area contributed by atoms with Gasteiger partial charge in [-0.15, -0.1) is 0 Å². The van der Waals surface area contributed by atoms with Crippen molar-refractivity contribution >= 4 is 17.3 Å². The Hall–Kier alpha value is -1.87. The summed E-state index contributed by atoms with van der Waals surface area (Å²) in [5.74, 6) is 1.49. The summed E-state index contributed by atoms with van der Waals surface area (Å²) in [5.41, 5.74) is 7.16. The molecule has 2 N–H and O–H groups in total. The molecular weight excluding hydrogens is 250 g/mol. The van der Waals surface area contributed by atoms with Crippen molar-refractivity contribution in [2.45, 2.75) is 6.61 Å². The van der Waals surface area contributed by atoms with E-state index in [4.69, 9.17) is 26.8 Å². The molecule has 0 atom stereocenters. The van der Waals surface area contributed by atoms with Crippen molar-refractivity contribution in [1.29, 1.82) is 0 Å². The summed E-state index contributed by atoms with van der Waals surface area (Å²) in [5, 5.41) is 0.493. The zero-order valence-corrected chi connectivity index (χ0v) is 10.8. The third-order valence-corrected chi connectivity index (χ3v) is 2.89. The molecule has 0 amide bonds. The van der Waals surface area contributed by atoms with Crippen LogP contribution >= 0.6 is 11.6 Å². The van der Waals surface area contributed by atoms with Crippen molar-refractivity contribution < 1.29 is 9.47 Å². The van der Waals surface area contributed by atoms with E-state index in [2.05, 4.69) is 0 Å². The third kappa shape index (κ3) is 2.87. The second-order valence-corrected chi connectivity index (χ2v) is 4.19. The van der Waals surface area contributed by atoms with Crippen molar-refractivity contribution in [3.8, 4) is 11.5 Å². The predicted octanol–water partition coefficient (Wildman–Crippen LogP) is 3.51. The topological polar surface area (TPSA) is 44.5 Å². The van der Waals surface area contributed by atoms with Crippen LogP contribution in [0.3, 0.4) is 0 Å². The van der Waals surface area contributed by atoms with E-state index in [1.807, 2.05) is 24.3 Å². The molecule has 0 aliphatic carbocycles. The lowest BCUT2D eigenvalue weighted by Gasteiger charge is -2.10. The monoisotopic (exact) mass is 263 g/mol. The molecule has 18 heavy (non-hydrogen) atoms. The molecule has 0 saturated carbocycles. The van der Waals surface area contributed by atoms with Crippen molar-refractivity contribution in [2.24, 2.45) is 0 Å². The minimum atomic E-state index is 0.421. The lowest BCUT2D eigenvalue weighted by atomic mass is 10.2. The van der Waals surface area contributed by atoms with Gasteiger partial charge in [0.15, 0.2) is 0 Å². The number of ether oxygens (including phenoxy) is 2. The fraction of sp³-hybridized carbons (Fsp3) is 0.143. The third-order valence-electron chi connectivity index (χ3n) is 2.56. The quantitative estimate of drug-likeness (QED) is 0.859. The number of halogens is 1. The maximum absolute atomic E-state index is 5.92. The number of benzene rings is 2. The Morgan fingerprint density at radius 2 is 1.94 bits per heavy atom. The Morgan fingerprint density at radius 1 is 1.17 bits per heavy atom. The van der Waals surface area contributed by atoms with Crippen LogP contribution in [-0.2, 0) is 6.61 Å². The number of rotatable bonds is 4. The van der Waals surface area contributed by atoms with E-state index >= 15 is 0 Å². The van der Waals surface area contributed by atoms with E-state index in [9.17, 15) is 0 Å². The Bertz CT molecular complexity index is 543. The van der Waals surface area contributed by atoms with Gasteiger partial charge in [0.1, 0.15) is 18.1 Å². The molecule has 0 heterocycles. The maximum atomic E-state index is 5.92. The first-order valence-corrected chi connectivity index (χ1v) is 5.88. The number of hydrogen-bond acceptors (Lipinski definition) is 3. The summed E-state index contributed by atoms with van der Waals surface area (Å²) in [6.45, 7) is 0.421. The van der Waals surface area contributed by atoms with Gasteiger partial charge in [0, 0.05) is 11.6 Å². The van der Waals surface area contributed by atoms with Gasteiger partial charge in [-0.2, -0.15) is 0 Å². The highest BCUT2D eigenvalue weighted by molar-refractivity contribution is 6.33. The van der Waals surface area contributed by atoms with E-state index in [0.29, 0.717) is 23.1 Å². The lowest BCUT2D eigenvalue weighted by molar-refractivity contribution is 0.297. The number of nitrogens with two attached hydrogens (primary N) is 1. The van der Waals surface area contributed by atoms with Gasteiger partial charge in [-0.3, -0.25) is 0 Å². The molecule has 0 aliphatic rings. The minimum absolute atomic E-state index is 0.421. The first kappa shape index (κ1) is 12.6. The standard InChI is InChI=1S/C14H14ClNO2/c1-17-14-5-3-2-4-10(14)9-18-11-6-7-13(16)12(15)8-11/h2-8H,9,16H2,1H3. The molecule has 0 saturated heterocycles. The fourth-order valence-corrected chi connectivity index (χ4v) is 1.75. The molecule has 0 aliphatic heterocycles. The molecule has 2 aromatic rings. The molecule has 0 unspecified atom stereocenters. The Morgan fingerprint density at radius 3 is 2.67 bits per heavy atom. The van der Waals surface area contributed by atoms with E-state index in [0.717, 1.165) is 11.3 Å². The first-order chi connectivity index (χ1) is 8.70. The molecule has 2 rings (SSSR count). The van der Waals surface area contributed by atoms with Crippen LogP contribution in [0.1, 0.15) is 5.56 Å². The lowest BCUT2D eigenvalue weighted by Crippen LogP contribution is -1.98. The molecule has 2 aromatic carbocycles. The van der Waals surface area contributed by atoms with Gasteiger partial charge >= 0.3 is 0 Å². The summed E-state index contributed by atoms with van der Waals surface area (Å²) in [6.07, 6.45) is 0. The SMILES string of the molecule is COc1ccccc1COc1ccc(N)c(Cl)c1. The molecule has 4 heteroatoms. The predicted molar refractivity (Wildman–Crippen MR) is 73.2 cm³/mol. The van der Waals surface area contributed by atoms with E-state index in [-0.39, 0.29) is 0 Å². The Kier molecular flexibility index (Phi) is 3.95. The molecule has 0 radical (unpaired) electrons. The van der Waals surface area contributed by atoms with Gasteiger partial charge in [0.25, 0.3) is 0 Å². The number of anilines is 1. The number of methoxy groups -OCH3 is 1. The number of para-hydroxylation sites is 1. The first-order valence-electron chi connectivity index (χ1n) is 5.50. The van der Waals surface area contributed by atoms with Crippen LogP contribution in [0.15, 0.2) is 42.5 Å². The van der Waals surface area contributed by atoms with Crippen molar-refractivity contribution in [3.63, 3.8) is 0 Å². The molecule has 0 bridgehead atoms. The second kappa shape index (κ2) is 5.65. The van der Waals surface area contributed by atoms with Gasteiger partial charge in [-0.05, 0) is 18.2 Å². The van der Waals surface area contributed by atoms with Gasteiger partial charge in [0.05, 0.1) is 17.8 Å². The van der Waals surface area contributed by atoms with Crippen LogP contribution in [0, 0.1) is 0 Å². The van der Waals surface area contributed by atoms with Gasteiger partial charge in [0.2, 0.25) is 0 Å². The molecule has 0 spiro atoms. The molecular formula is C14H14ClNO2. The average Bonchev–Trinajstić information content (AvgIpc) is 2.40. The van der Waals surface area contributed by atoms with E-state index in [1.54, 1.807) is 25.3 Å². The molecule has 0 fully saturated rings. The molecule has 3 nitrogen and oxygen atoms in total. The normalized spacial score (nSPS) is 10.1. The Balaban J connectivity index is 2.09. The maximum Gasteiger partial charge on any atom is 0.125 e. The van der Waals surface area contributed by atoms with Crippen molar-refractivity contribution in [2.75, 3.05) is 12.8 Å². The highest BCUT2D eigenvalue weighted by atomic mass is 35.5. The van der Waals surface area contributed by atoms with Crippen LogP contribution in [0.25, 0.3) is 0 Å². The van der Waals surface area contributed by atoms with Crippen LogP contribution in [0.2, 0.25) is 5.02 Å². The van der Waals surface area contributed by atoms with Crippen LogP contribution in [-0.4, -0.2) is 7.11 Å². The summed E-state index contributed by atoms with van der Waals surface area (Å²) < 4.78 is 10.9. The summed E-state index contributed by atoms with van der Waals surface area (Å²) in [7, 11) is 1.64. The van der Waals surface area contributed by atoms with Crippen LogP contribution in [0.4, 0.5) is 5.69 Å². The smallest absolute Gasteiger partial charge is 0.125 e. The van der Waals surface area contributed by atoms with Crippen LogP contribution < -0.4 is 15.2 Å². The second-order valence-electron chi connectivity index (χ2n) is 3.78. The summed E-state index contributed by atoms with van der Waals surface area (Å²) in [6, 6.07) is 12.9. The largest absolute Gasteiger partial charge is 0.496 e. The summed E-state index contributed by atoms with van der Waals surface area (Å²) >= 11 is 5.92. The van der Waals surface area contributed by atoms with Gasteiger partial charge in [-0.25, -0.2) is 0 Å². The zero-order valence-electron chi connectivity index (χ0n) is 10.0. The number of hydrogen-bond donors (Lipinski definition) is 1. The van der Waals surface area contributed by atoms with Crippen LogP contribution in [0.5, 0.6) is 11.5 Å². The van der Waals surface area contributed by atoms with E-state index < -0.39 is 0 Å². The van der Waals surface area contributed by atoms with E-state index in [1.165, 1.54) is 0 Å². The van der Waals surface area contributed by atoms with Gasteiger partial charge in [-0.1, -0.05) is 29.8 Å².